The molecule has 0 spiro atoms. The van der Waals surface area contributed by atoms with Crippen LogP contribution in [0.3, 0.4) is 0 Å². The van der Waals surface area contributed by atoms with Crippen molar-refractivity contribution >= 4 is 11.8 Å². The molecule has 1 N–H and O–H groups in total. The lowest BCUT2D eigenvalue weighted by Crippen LogP contribution is -2.34. The van der Waals surface area contributed by atoms with Crippen LogP contribution in [0.25, 0.3) is 0 Å². The molecule has 0 heterocycles. The van der Waals surface area contributed by atoms with Crippen molar-refractivity contribution in [3.05, 3.63) is 29.3 Å². The molecule has 0 aliphatic rings. The molecule has 0 amide bonds. The van der Waals surface area contributed by atoms with Gasteiger partial charge in [0.05, 0.1) is 20.3 Å². The molecule has 0 aliphatic heterocycles. The van der Waals surface area contributed by atoms with Gasteiger partial charge in [0.2, 0.25) is 0 Å². The number of benzene rings is 1. The number of ether oxygens (including phenoxy) is 2. The summed E-state index contributed by atoms with van der Waals surface area (Å²) < 4.78 is 9.76. The summed E-state index contributed by atoms with van der Waals surface area (Å²) in [6.07, 6.45) is 0.621. The van der Waals surface area contributed by atoms with Crippen molar-refractivity contribution in [2.75, 3.05) is 21.3 Å². The van der Waals surface area contributed by atoms with Crippen LogP contribution in [0.2, 0.25) is 0 Å². The first-order chi connectivity index (χ1) is 9.53. The number of rotatable bonds is 7. The van der Waals surface area contributed by atoms with Gasteiger partial charge in [-0.3, -0.25) is 9.59 Å². The quantitative estimate of drug-likeness (QED) is 0.608. The minimum absolute atomic E-state index is 0.0397. The molecule has 0 aliphatic carbocycles. The van der Waals surface area contributed by atoms with E-state index in [9.17, 15) is 9.59 Å². The maximum atomic E-state index is 12.4. The Morgan fingerprint density at radius 2 is 2.00 bits per heavy atom. The molecule has 0 saturated heterocycles. The van der Waals surface area contributed by atoms with E-state index in [1.54, 1.807) is 32.4 Å². The first kappa shape index (κ1) is 16.2. The van der Waals surface area contributed by atoms with Crippen molar-refractivity contribution in [2.45, 2.75) is 25.8 Å². The highest BCUT2D eigenvalue weighted by Crippen LogP contribution is 2.20. The van der Waals surface area contributed by atoms with Gasteiger partial charge in [-0.25, -0.2) is 0 Å². The van der Waals surface area contributed by atoms with Gasteiger partial charge in [-0.1, -0.05) is 0 Å². The Hall–Kier alpha value is -1.88. The molecular formula is C15H21NO4. The van der Waals surface area contributed by atoms with Gasteiger partial charge in [0.1, 0.15) is 5.75 Å². The van der Waals surface area contributed by atoms with Gasteiger partial charge in [0.15, 0.2) is 5.78 Å². The monoisotopic (exact) mass is 279 g/mol. The molecule has 0 aromatic heterocycles. The van der Waals surface area contributed by atoms with E-state index in [1.807, 2.05) is 6.92 Å². The lowest BCUT2D eigenvalue weighted by molar-refractivity contribution is -0.140. The summed E-state index contributed by atoms with van der Waals surface area (Å²) >= 11 is 0. The molecule has 110 valence electrons. The van der Waals surface area contributed by atoms with Gasteiger partial charge in [0.25, 0.3) is 0 Å². The van der Waals surface area contributed by atoms with E-state index in [-0.39, 0.29) is 18.2 Å². The highest BCUT2D eigenvalue weighted by molar-refractivity contribution is 6.00. The number of likely N-dealkylation sites (N-methyl/N-ethyl adjacent to an activating group) is 1. The van der Waals surface area contributed by atoms with Crippen LogP contribution >= 0.6 is 0 Å². The molecule has 1 unspecified atom stereocenters. The smallest absolute Gasteiger partial charge is 0.305 e. The number of Topliss-reactive ketones (excluding diaryl/α,β-unsaturated/α-hetero) is 1. The number of hydrogen-bond acceptors (Lipinski definition) is 5. The predicted molar refractivity (Wildman–Crippen MR) is 76.2 cm³/mol. The second-order valence-corrected chi connectivity index (χ2v) is 4.50. The number of carbonyl (C=O) groups is 2. The molecule has 0 bridgehead atoms. The molecule has 1 rings (SSSR count). The molecule has 1 atom stereocenters. The van der Waals surface area contributed by atoms with Gasteiger partial charge in [-0.2, -0.15) is 0 Å². The van der Waals surface area contributed by atoms with E-state index in [2.05, 4.69) is 10.1 Å². The first-order valence-corrected chi connectivity index (χ1v) is 6.46. The molecule has 0 radical (unpaired) electrons. The van der Waals surface area contributed by atoms with Crippen molar-refractivity contribution in [3.8, 4) is 5.75 Å². The van der Waals surface area contributed by atoms with Crippen LogP contribution in [0.5, 0.6) is 5.75 Å². The van der Waals surface area contributed by atoms with Crippen LogP contribution in [-0.2, 0) is 9.53 Å². The van der Waals surface area contributed by atoms with Gasteiger partial charge < -0.3 is 14.8 Å². The summed E-state index contributed by atoms with van der Waals surface area (Å²) in [4.78, 5) is 23.5. The molecule has 5 nitrogen and oxygen atoms in total. The fraction of sp³-hybridized carbons (Fsp3) is 0.467. The Balaban J connectivity index is 2.80. The van der Waals surface area contributed by atoms with E-state index < -0.39 is 6.04 Å². The maximum Gasteiger partial charge on any atom is 0.305 e. The summed E-state index contributed by atoms with van der Waals surface area (Å²) in [5.74, 6) is 0.392. The molecular weight excluding hydrogens is 258 g/mol. The van der Waals surface area contributed by atoms with Crippen molar-refractivity contribution in [1.29, 1.82) is 0 Å². The zero-order valence-corrected chi connectivity index (χ0v) is 12.4. The second kappa shape index (κ2) is 7.65. The average molecular weight is 279 g/mol. The van der Waals surface area contributed by atoms with Crippen molar-refractivity contribution in [3.63, 3.8) is 0 Å². The third-order valence-electron chi connectivity index (χ3n) is 3.21. The number of ketones is 1. The minimum atomic E-state index is -0.401. The fourth-order valence-corrected chi connectivity index (χ4v) is 2.00. The van der Waals surface area contributed by atoms with Crippen LogP contribution in [0.1, 0.15) is 28.8 Å². The summed E-state index contributed by atoms with van der Waals surface area (Å²) in [6.45, 7) is 1.89. The summed E-state index contributed by atoms with van der Waals surface area (Å²) in [5.41, 5.74) is 1.51. The van der Waals surface area contributed by atoms with Crippen LogP contribution in [0, 0.1) is 6.92 Å². The molecule has 0 saturated carbocycles. The third kappa shape index (κ3) is 4.06. The van der Waals surface area contributed by atoms with Crippen molar-refractivity contribution in [2.24, 2.45) is 0 Å². The molecule has 1 aromatic carbocycles. The van der Waals surface area contributed by atoms with Crippen molar-refractivity contribution < 1.29 is 19.1 Å². The third-order valence-corrected chi connectivity index (χ3v) is 3.21. The highest BCUT2D eigenvalue weighted by Gasteiger charge is 2.20. The molecule has 5 heteroatoms. The van der Waals surface area contributed by atoms with E-state index in [0.717, 1.165) is 11.3 Å². The summed E-state index contributed by atoms with van der Waals surface area (Å²) in [5, 5.41) is 2.94. The van der Waals surface area contributed by atoms with Crippen molar-refractivity contribution in [1.82, 2.24) is 5.32 Å². The van der Waals surface area contributed by atoms with Crippen LogP contribution in [-0.4, -0.2) is 39.1 Å². The average Bonchev–Trinajstić information content (AvgIpc) is 2.47. The Morgan fingerprint density at radius 1 is 1.30 bits per heavy atom. The zero-order valence-electron chi connectivity index (χ0n) is 12.4. The van der Waals surface area contributed by atoms with Gasteiger partial charge in [0, 0.05) is 12.0 Å². The first-order valence-electron chi connectivity index (χ1n) is 6.46. The Bertz CT molecular complexity index is 485. The number of esters is 1. The second-order valence-electron chi connectivity index (χ2n) is 4.50. The normalized spacial score (nSPS) is 11.8. The van der Waals surface area contributed by atoms with E-state index in [0.29, 0.717) is 12.0 Å². The number of carbonyl (C=O) groups excluding carboxylic acids is 2. The van der Waals surface area contributed by atoms with Gasteiger partial charge >= 0.3 is 5.97 Å². The Labute approximate surface area is 119 Å². The van der Waals surface area contributed by atoms with Gasteiger partial charge in [-0.05, 0) is 44.2 Å². The van der Waals surface area contributed by atoms with Crippen LogP contribution in [0.4, 0.5) is 0 Å². The zero-order chi connectivity index (χ0) is 15.1. The number of hydrogen-bond donors (Lipinski definition) is 1. The maximum absolute atomic E-state index is 12.4. The van der Waals surface area contributed by atoms with Crippen LogP contribution < -0.4 is 10.1 Å². The Kier molecular flexibility index (Phi) is 6.18. The highest BCUT2D eigenvalue weighted by atomic mass is 16.5. The van der Waals surface area contributed by atoms with E-state index in [4.69, 9.17) is 4.74 Å². The number of aryl methyl sites for hydroxylation is 1. The topological polar surface area (TPSA) is 64.6 Å². The van der Waals surface area contributed by atoms with E-state index in [1.165, 1.54) is 7.11 Å². The lowest BCUT2D eigenvalue weighted by Gasteiger charge is -2.15. The minimum Gasteiger partial charge on any atom is -0.496 e. The van der Waals surface area contributed by atoms with Crippen LogP contribution in [0.15, 0.2) is 18.2 Å². The molecule has 0 fully saturated rings. The molecule has 1 aromatic rings. The summed E-state index contributed by atoms with van der Waals surface area (Å²) in [7, 11) is 4.64. The SMILES string of the molecule is CNC(CCC(=O)OC)C(=O)c1ccc(OC)c(C)c1. The Morgan fingerprint density at radius 3 is 2.50 bits per heavy atom. The number of methoxy groups -OCH3 is 2. The molecule has 20 heavy (non-hydrogen) atoms. The predicted octanol–water partition coefficient (Wildman–Crippen LogP) is 1.73. The number of nitrogens with one attached hydrogen (secondary N) is 1. The standard InChI is InChI=1S/C15H21NO4/c1-10-9-11(5-7-13(10)19-3)15(18)12(16-2)6-8-14(17)20-4/h5,7,9,12,16H,6,8H2,1-4H3. The van der Waals surface area contributed by atoms with Gasteiger partial charge in [-0.15, -0.1) is 0 Å². The summed E-state index contributed by atoms with van der Waals surface area (Å²) in [6, 6.07) is 4.90. The lowest BCUT2D eigenvalue weighted by atomic mass is 9.98. The largest absolute Gasteiger partial charge is 0.496 e. The fourth-order valence-electron chi connectivity index (χ4n) is 2.00. The van der Waals surface area contributed by atoms with E-state index >= 15 is 0 Å².